The first-order valence-corrected chi connectivity index (χ1v) is 8.60. The maximum Gasteiger partial charge on any atom is 0.234 e. The molecular weight excluding hydrogens is 300 g/mol. The molecule has 1 N–H and O–H groups in total. The maximum atomic E-state index is 12.2. The monoisotopic (exact) mass is 320 g/mol. The van der Waals surface area contributed by atoms with Gasteiger partial charge in [-0.2, -0.15) is 0 Å². The zero-order valence-electron chi connectivity index (χ0n) is 12.6. The van der Waals surface area contributed by atoms with Gasteiger partial charge in [0.05, 0.1) is 12.7 Å². The number of rotatable bonds is 7. The molecule has 2 rings (SSSR count). The molecule has 0 aliphatic heterocycles. The highest BCUT2D eigenvalue weighted by molar-refractivity contribution is 7.92. The van der Waals surface area contributed by atoms with Gasteiger partial charge in [0.25, 0.3) is 0 Å². The quantitative estimate of drug-likeness (QED) is 0.845. The van der Waals surface area contributed by atoms with Crippen LogP contribution in [0.1, 0.15) is 19.4 Å². The molecule has 1 atom stereocenters. The molecule has 0 radical (unpaired) electrons. The van der Waals surface area contributed by atoms with Gasteiger partial charge in [-0.25, -0.2) is 13.1 Å². The van der Waals surface area contributed by atoms with Crippen LogP contribution in [0.25, 0.3) is 6.08 Å². The first-order valence-electron chi connectivity index (χ1n) is 7.06. The molecule has 1 heterocycles. The third kappa shape index (κ3) is 5.09. The van der Waals surface area contributed by atoms with E-state index in [4.69, 9.17) is 0 Å². The lowest BCUT2D eigenvalue weighted by Crippen LogP contribution is -2.40. The zero-order chi connectivity index (χ0) is 16.0. The largest absolute Gasteiger partial charge is 0.251 e. The molecule has 0 aliphatic carbocycles. The van der Waals surface area contributed by atoms with Crippen LogP contribution in [0.2, 0.25) is 0 Å². The number of hydrogen-bond acceptors (Lipinski definition) is 4. The van der Waals surface area contributed by atoms with Crippen molar-refractivity contribution in [2.75, 3.05) is 0 Å². The van der Waals surface area contributed by atoms with E-state index in [9.17, 15) is 8.42 Å². The van der Waals surface area contributed by atoms with Gasteiger partial charge in [-0.05, 0) is 17.6 Å². The fourth-order valence-corrected chi connectivity index (χ4v) is 3.08. The second kappa shape index (κ2) is 7.33. The van der Waals surface area contributed by atoms with Crippen LogP contribution in [-0.4, -0.2) is 29.5 Å². The molecule has 0 amide bonds. The van der Waals surface area contributed by atoms with Crippen LogP contribution in [0.3, 0.4) is 0 Å². The van der Waals surface area contributed by atoms with E-state index in [-0.39, 0.29) is 12.0 Å². The van der Waals surface area contributed by atoms with E-state index >= 15 is 0 Å². The summed E-state index contributed by atoms with van der Waals surface area (Å²) in [5, 5.41) is 8.80. The van der Waals surface area contributed by atoms with Crippen molar-refractivity contribution in [1.29, 1.82) is 0 Å². The lowest BCUT2D eigenvalue weighted by molar-refractivity contribution is 0.380. The predicted octanol–water partition coefficient (Wildman–Crippen LogP) is 1.89. The third-order valence-electron chi connectivity index (χ3n) is 3.22. The standard InChI is InChI=1S/C15H20N4O2S/c1-13(2)15(12-19-10-9-16-18-19)17-22(20,21)11-8-14-6-4-3-5-7-14/h3-11,13,15,17H,12H2,1-2H3. The Bertz CT molecular complexity index is 694. The Hall–Kier alpha value is -1.99. The fourth-order valence-electron chi connectivity index (χ4n) is 1.90. The van der Waals surface area contributed by atoms with E-state index in [2.05, 4.69) is 15.0 Å². The van der Waals surface area contributed by atoms with Crippen molar-refractivity contribution in [3.8, 4) is 0 Å². The molecule has 0 spiro atoms. The van der Waals surface area contributed by atoms with Gasteiger partial charge in [-0.1, -0.05) is 49.4 Å². The van der Waals surface area contributed by atoms with E-state index in [0.717, 1.165) is 5.56 Å². The fraction of sp³-hybridized carbons (Fsp3) is 0.333. The Morgan fingerprint density at radius 3 is 2.59 bits per heavy atom. The highest BCUT2D eigenvalue weighted by Gasteiger charge is 2.19. The van der Waals surface area contributed by atoms with Crippen LogP contribution in [0.5, 0.6) is 0 Å². The second-order valence-corrected chi connectivity index (χ2v) is 6.95. The van der Waals surface area contributed by atoms with Crippen molar-refractivity contribution in [2.24, 2.45) is 5.92 Å². The molecule has 0 bridgehead atoms. The lowest BCUT2D eigenvalue weighted by Gasteiger charge is -2.21. The van der Waals surface area contributed by atoms with Crippen LogP contribution in [0, 0.1) is 5.92 Å². The van der Waals surface area contributed by atoms with Crippen LogP contribution in [0.15, 0.2) is 48.1 Å². The van der Waals surface area contributed by atoms with Crippen molar-refractivity contribution >= 4 is 16.1 Å². The molecule has 1 unspecified atom stereocenters. The van der Waals surface area contributed by atoms with Crippen LogP contribution in [-0.2, 0) is 16.6 Å². The molecule has 7 heteroatoms. The van der Waals surface area contributed by atoms with Gasteiger partial charge in [-0.15, -0.1) is 5.10 Å². The second-order valence-electron chi connectivity index (χ2n) is 5.35. The topological polar surface area (TPSA) is 76.9 Å². The molecule has 0 saturated heterocycles. The highest BCUT2D eigenvalue weighted by atomic mass is 32.2. The Morgan fingerprint density at radius 2 is 2.00 bits per heavy atom. The van der Waals surface area contributed by atoms with Crippen molar-refractivity contribution in [3.05, 3.63) is 53.7 Å². The number of aromatic nitrogens is 3. The highest BCUT2D eigenvalue weighted by Crippen LogP contribution is 2.08. The van der Waals surface area contributed by atoms with Gasteiger partial charge in [0.2, 0.25) is 10.0 Å². The van der Waals surface area contributed by atoms with Crippen LogP contribution in [0.4, 0.5) is 0 Å². The van der Waals surface area contributed by atoms with Crippen LogP contribution >= 0.6 is 0 Å². The summed E-state index contributed by atoms with van der Waals surface area (Å²) in [6.07, 6.45) is 4.86. The minimum absolute atomic E-state index is 0.129. The summed E-state index contributed by atoms with van der Waals surface area (Å²) in [4.78, 5) is 0. The summed E-state index contributed by atoms with van der Waals surface area (Å²) in [6, 6.07) is 9.05. The van der Waals surface area contributed by atoms with Crippen molar-refractivity contribution in [1.82, 2.24) is 19.7 Å². The number of nitrogens with zero attached hydrogens (tertiary/aromatic N) is 3. The minimum atomic E-state index is -3.52. The van der Waals surface area contributed by atoms with Gasteiger partial charge in [0, 0.05) is 17.6 Å². The summed E-state index contributed by atoms with van der Waals surface area (Å²) in [5.41, 5.74) is 0.838. The molecule has 1 aromatic heterocycles. The normalized spacial score (nSPS) is 13.8. The van der Waals surface area contributed by atoms with Gasteiger partial charge < -0.3 is 0 Å². The Morgan fingerprint density at radius 1 is 1.27 bits per heavy atom. The number of benzene rings is 1. The first-order chi connectivity index (χ1) is 10.5. The Labute approximate surface area is 130 Å². The van der Waals surface area contributed by atoms with E-state index in [1.54, 1.807) is 23.2 Å². The average Bonchev–Trinajstić information content (AvgIpc) is 2.98. The molecule has 6 nitrogen and oxygen atoms in total. The van der Waals surface area contributed by atoms with E-state index < -0.39 is 10.0 Å². The summed E-state index contributed by atoms with van der Waals surface area (Å²) >= 11 is 0. The smallest absolute Gasteiger partial charge is 0.234 e. The van der Waals surface area contributed by atoms with Crippen molar-refractivity contribution in [3.63, 3.8) is 0 Å². The molecule has 118 valence electrons. The predicted molar refractivity (Wildman–Crippen MR) is 86.2 cm³/mol. The number of hydrogen-bond donors (Lipinski definition) is 1. The zero-order valence-corrected chi connectivity index (χ0v) is 13.4. The maximum absolute atomic E-state index is 12.2. The number of sulfonamides is 1. The van der Waals surface area contributed by atoms with Gasteiger partial charge in [0.1, 0.15) is 0 Å². The van der Waals surface area contributed by atoms with E-state index in [0.29, 0.717) is 6.54 Å². The molecule has 22 heavy (non-hydrogen) atoms. The summed E-state index contributed by atoms with van der Waals surface area (Å²) in [7, 11) is -3.52. The van der Waals surface area contributed by atoms with Gasteiger partial charge >= 0.3 is 0 Å². The molecule has 0 aliphatic rings. The molecule has 2 aromatic rings. The lowest BCUT2D eigenvalue weighted by atomic mass is 10.1. The Kier molecular flexibility index (Phi) is 5.46. The first kappa shape index (κ1) is 16.4. The molecular formula is C15H20N4O2S. The van der Waals surface area contributed by atoms with Gasteiger partial charge in [-0.3, -0.25) is 4.68 Å². The summed E-state index contributed by atoms with van der Waals surface area (Å²) in [6.45, 7) is 4.37. The third-order valence-corrected chi connectivity index (χ3v) is 4.34. The average molecular weight is 320 g/mol. The minimum Gasteiger partial charge on any atom is -0.251 e. The van der Waals surface area contributed by atoms with Crippen LogP contribution < -0.4 is 4.72 Å². The van der Waals surface area contributed by atoms with E-state index in [1.165, 1.54) is 5.41 Å². The summed E-state index contributed by atoms with van der Waals surface area (Å²) in [5.74, 6) is 0.129. The van der Waals surface area contributed by atoms with Crippen molar-refractivity contribution < 1.29 is 8.42 Å². The Balaban J connectivity index is 2.06. The SMILES string of the molecule is CC(C)C(Cn1ccnn1)NS(=O)(=O)C=Cc1ccccc1. The van der Waals surface area contributed by atoms with Gasteiger partial charge in [0.15, 0.2) is 0 Å². The summed E-state index contributed by atoms with van der Waals surface area (Å²) < 4.78 is 28.7. The van der Waals surface area contributed by atoms with E-state index in [1.807, 2.05) is 44.2 Å². The number of nitrogens with one attached hydrogen (secondary N) is 1. The van der Waals surface area contributed by atoms with Crippen molar-refractivity contribution in [2.45, 2.75) is 26.4 Å². The molecule has 0 saturated carbocycles. The molecule has 1 aromatic carbocycles. The molecule has 0 fully saturated rings.